The number of halogens is 1. The highest BCUT2D eigenvalue weighted by Crippen LogP contribution is 2.37. The third-order valence-electron chi connectivity index (χ3n) is 3.90. The molecular weight excluding hydrogens is 276 g/mol. The summed E-state index contributed by atoms with van der Waals surface area (Å²) in [6.45, 7) is 2.47. The monoisotopic (exact) mass is 296 g/mol. The molecule has 3 nitrogen and oxygen atoms in total. The van der Waals surface area contributed by atoms with E-state index >= 15 is 0 Å². The number of benzene rings is 1. The van der Waals surface area contributed by atoms with Crippen LogP contribution in [0.4, 0.5) is 0 Å². The van der Waals surface area contributed by atoms with Crippen molar-refractivity contribution in [2.75, 3.05) is 13.7 Å². The van der Waals surface area contributed by atoms with E-state index in [0.717, 1.165) is 32.1 Å². The van der Waals surface area contributed by atoms with Crippen LogP contribution >= 0.6 is 11.6 Å². The molecule has 0 N–H and O–H groups in total. The molecule has 1 aliphatic carbocycles. The van der Waals surface area contributed by atoms with E-state index in [0.29, 0.717) is 22.9 Å². The van der Waals surface area contributed by atoms with Crippen molar-refractivity contribution in [1.82, 2.24) is 0 Å². The molecular formula is C16H21ClO3. The van der Waals surface area contributed by atoms with Crippen molar-refractivity contribution in [3.8, 4) is 5.75 Å². The van der Waals surface area contributed by atoms with Gasteiger partial charge in [-0.25, -0.2) is 0 Å². The highest BCUT2D eigenvalue weighted by molar-refractivity contribution is 6.31. The maximum Gasteiger partial charge on any atom is 0.198 e. The minimum absolute atomic E-state index is 0.00148. The molecule has 110 valence electrons. The summed E-state index contributed by atoms with van der Waals surface area (Å²) < 4.78 is 11.2. The highest BCUT2D eigenvalue weighted by Gasteiger charge is 2.41. The Labute approximate surface area is 125 Å². The fourth-order valence-electron chi connectivity index (χ4n) is 2.94. The Morgan fingerprint density at radius 1 is 1.30 bits per heavy atom. The molecule has 0 aromatic heterocycles. The normalized spacial score (nSPS) is 17.8. The average Bonchev–Trinajstić information content (AvgIpc) is 2.47. The molecule has 0 bridgehead atoms. The molecule has 1 aliphatic rings. The first-order valence-corrected chi connectivity index (χ1v) is 7.53. The van der Waals surface area contributed by atoms with Crippen LogP contribution in [-0.4, -0.2) is 25.1 Å². The second-order valence-electron chi connectivity index (χ2n) is 5.16. The van der Waals surface area contributed by atoms with Gasteiger partial charge in [-0.3, -0.25) is 4.79 Å². The third kappa shape index (κ3) is 2.99. The number of methoxy groups -OCH3 is 1. The molecule has 0 unspecified atom stereocenters. The molecule has 0 saturated heterocycles. The SMILES string of the molecule is CCOC1(C(=O)c2cc(Cl)ccc2OC)CCCCC1. The molecule has 2 rings (SSSR count). The second-order valence-corrected chi connectivity index (χ2v) is 5.60. The molecule has 0 amide bonds. The lowest BCUT2D eigenvalue weighted by atomic mass is 9.79. The maximum absolute atomic E-state index is 13.0. The molecule has 20 heavy (non-hydrogen) atoms. The van der Waals surface area contributed by atoms with Crippen molar-refractivity contribution in [3.05, 3.63) is 28.8 Å². The van der Waals surface area contributed by atoms with Crippen LogP contribution in [0.2, 0.25) is 5.02 Å². The van der Waals surface area contributed by atoms with Crippen LogP contribution in [0.25, 0.3) is 0 Å². The van der Waals surface area contributed by atoms with Crippen LogP contribution in [0.3, 0.4) is 0 Å². The molecule has 0 heterocycles. The first kappa shape index (κ1) is 15.3. The Balaban J connectivity index is 2.39. The molecule has 1 saturated carbocycles. The van der Waals surface area contributed by atoms with Gasteiger partial charge in [0.2, 0.25) is 0 Å². The van der Waals surface area contributed by atoms with Crippen molar-refractivity contribution in [2.24, 2.45) is 0 Å². The zero-order chi connectivity index (χ0) is 14.6. The maximum atomic E-state index is 13.0. The van der Waals surface area contributed by atoms with Gasteiger partial charge in [0.15, 0.2) is 5.78 Å². The Kier molecular flexibility index (Phi) is 5.06. The summed E-state index contributed by atoms with van der Waals surface area (Å²) in [6, 6.07) is 5.14. The standard InChI is InChI=1S/C16H21ClO3/c1-3-20-16(9-5-4-6-10-16)15(18)13-11-12(17)7-8-14(13)19-2/h7-8,11H,3-6,9-10H2,1-2H3. The first-order chi connectivity index (χ1) is 9.63. The Morgan fingerprint density at radius 2 is 2.00 bits per heavy atom. The predicted octanol–water partition coefficient (Wildman–Crippen LogP) is 4.27. The Hall–Kier alpha value is -1.06. The van der Waals surface area contributed by atoms with Crippen LogP contribution in [0.1, 0.15) is 49.4 Å². The van der Waals surface area contributed by atoms with Crippen LogP contribution in [0, 0.1) is 0 Å². The molecule has 4 heteroatoms. The van der Waals surface area contributed by atoms with E-state index in [1.54, 1.807) is 25.3 Å². The fourth-order valence-corrected chi connectivity index (χ4v) is 3.11. The Morgan fingerprint density at radius 3 is 2.60 bits per heavy atom. The van der Waals surface area contributed by atoms with Gasteiger partial charge in [-0.1, -0.05) is 30.9 Å². The van der Waals surface area contributed by atoms with E-state index in [2.05, 4.69) is 0 Å². The van der Waals surface area contributed by atoms with E-state index in [-0.39, 0.29) is 5.78 Å². The second kappa shape index (κ2) is 6.59. The van der Waals surface area contributed by atoms with Gasteiger partial charge in [-0.2, -0.15) is 0 Å². The number of hydrogen-bond acceptors (Lipinski definition) is 3. The van der Waals surface area contributed by atoms with Gasteiger partial charge in [0.1, 0.15) is 11.4 Å². The minimum atomic E-state index is -0.703. The molecule has 0 radical (unpaired) electrons. The minimum Gasteiger partial charge on any atom is -0.496 e. The van der Waals surface area contributed by atoms with Gasteiger partial charge < -0.3 is 9.47 Å². The summed E-state index contributed by atoms with van der Waals surface area (Å²) in [7, 11) is 1.56. The molecule has 1 aromatic carbocycles. The zero-order valence-corrected chi connectivity index (χ0v) is 12.8. The molecule has 0 aliphatic heterocycles. The van der Waals surface area contributed by atoms with Gasteiger partial charge in [-0.15, -0.1) is 0 Å². The van der Waals surface area contributed by atoms with Crippen LogP contribution in [0.15, 0.2) is 18.2 Å². The van der Waals surface area contributed by atoms with E-state index < -0.39 is 5.60 Å². The van der Waals surface area contributed by atoms with Gasteiger partial charge >= 0.3 is 0 Å². The third-order valence-corrected chi connectivity index (χ3v) is 4.14. The summed E-state index contributed by atoms with van der Waals surface area (Å²) in [4.78, 5) is 13.0. The molecule has 0 atom stereocenters. The topological polar surface area (TPSA) is 35.5 Å². The summed E-state index contributed by atoms with van der Waals surface area (Å²) in [5.74, 6) is 0.558. The van der Waals surface area contributed by atoms with Crippen molar-refractivity contribution in [1.29, 1.82) is 0 Å². The zero-order valence-electron chi connectivity index (χ0n) is 12.1. The lowest BCUT2D eigenvalue weighted by Crippen LogP contribution is -2.43. The summed E-state index contributed by atoms with van der Waals surface area (Å²) >= 11 is 6.03. The van der Waals surface area contributed by atoms with Crippen molar-refractivity contribution in [2.45, 2.75) is 44.6 Å². The van der Waals surface area contributed by atoms with Crippen LogP contribution < -0.4 is 4.74 Å². The predicted molar refractivity (Wildman–Crippen MR) is 79.8 cm³/mol. The first-order valence-electron chi connectivity index (χ1n) is 7.15. The number of hydrogen-bond donors (Lipinski definition) is 0. The number of ketones is 1. The lowest BCUT2D eigenvalue weighted by Gasteiger charge is -2.35. The Bertz CT molecular complexity index is 473. The van der Waals surface area contributed by atoms with E-state index in [4.69, 9.17) is 21.1 Å². The average molecular weight is 297 g/mol. The van der Waals surface area contributed by atoms with Crippen LogP contribution in [0.5, 0.6) is 5.75 Å². The number of ether oxygens (including phenoxy) is 2. The van der Waals surface area contributed by atoms with Crippen LogP contribution in [-0.2, 0) is 4.74 Å². The molecule has 1 fully saturated rings. The lowest BCUT2D eigenvalue weighted by molar-refractivity contribution is -0.0412. The van der Waals surface area contributed by atoms with E-state index in [1.807, 2.05) is 6.92 Å². The van der Waals surface area contributed by atoms with Gasteiger partial charge in [0.25, 0.3) is 0 Å². The van der Waals surface area contributed by atoms with Gasteiger partial charge in [0, 0.05) is 11.6 Å². The summed E-state index contributed by atoms with van der Waals surface area (Å²) in [5.41, 5.74) is -0.180. The quantitative estimate of drug-likeness (QED) is 0.761. The number of Topliss-reactive ketones (excluding diaryl/α,β-unsaturated/α-hetero) is 1. The molecule has 1 aromatic rings. The summed E-state index contributed by atoms with van der Waals surface area (Å²) in [6.07, 6.45) is 4.75. The summed E-state index contributed by atoms with van der Waals surface area (Å²) in [5, 5.41) is 0.539. The molecule has 0 spiro atoms. The van der Waals surface area contributed by atoms with Gasteiger partial charge in [-0.05, 0) is 38.0 Å². The largest absolute Gasteiger partial charge is 0.496 e. The smallest absolute Gasteiger partial charge is 0.198 e. The highest BCUT2D eigenvalue weighted by atomic mass is 35.5. The van der Waals surface area contributed by atoms with Crippen molar-refractivity contribution >= 4 is 17.4 Å². The number of rotatable bonds is 5. The van der Waals surface area contributed by atoms with Gasteiger partial charge in [0.05, 0.1) is 12.7 Å². The van der Waals surface area contributed by atoms with E-state index in [1.165, 1.54) is 0 Å². The van der Waals surface area contributed by atoms with E-state index in [9.17, 15) is 4.79 Å². The van der Waals surface area contributed by atoms with Crippen molar-refractivity contribution < 1.29 is 14.3 Å². The van der Waals surface area contributed by atoms with Crippen molar-refractivity contribution in [3.63, 3.8) is 0 Å². The fraction of sp³-hybridized carbons (Fsp3) is 0.562. The number of carbonyl (C=O) groups excluding carboxylic acids is 1. The number of carbonyl (C=O) groups is 1.